The number of carbonyl (C=O) groups excluding carboxylic acids is 1. The van der Waals surface area contributed by atoms with E-state index in [-0.39, 0.29) is 24.5 Å². The minimum Gasteiger partial charge on any atom is -0.490 e. The standard InChI is InChI=1S/C19H27NO5/c1-6-23-18(22)17-12(2)16-14(8-7-9-15(16)25-17)24-11-13(21)10-20-19(3,4)5/h7-9,13,20-21H,6,10-11H2,1-5H3/t13-/m1/s1. The van der Waals surface area contributed by atoms with Gasteiger partial charge in [-0.25, -0.2) is 4.79 Å². The predicted octanol–water partition coefficient (Wildman–Crippen LogP) is 3.05. The van der Waals surface area contributed by atoms with Crippen LogP contribution in [0, 0.1) is 6.92 Å². The maximum absolute atomic E-state index is 12.0. The summed E-state index contributed by atoms with van der Waals surface area (Å²) in [7, 11) is 0. The Morgan fingerprint density at radius 2 is 2.08 bits per heavy atom. The number of hydrogen-bond donors (Lipinski definition) is 2. The highest BCUT2D eigenvalue weighted by Crippen LogP contribution is 2.33. The summed E-state index contributed by atoms with van der Waals surface area (Å²) in [5, 5.41) is 14.0. The van der Waals surface area contributed by atoms with Crippen molar-refractivity contribution in [1.82, 2.24) is 5.32 Å². The van der Waals surface area contributed by atoms with E-state index in [0.717, 1.165) is 5.39 Å². The number of esters is 1. The van der Waals surface area contributed by atoms with Gasteiger partial charge in [0, 0.05) is 17.6 Å². The van der Waals surface area contributed by atoms with Crippen molar-refractivity contribution in [3.05, 3.63) is 29.5 Å². The summed E-state index contributed by atoms with van der Waals surface area (Å²) in [4.78, 5) is 12.0. The van der Waals surface area contributed by atoms with Crippen molar-refractivity contribution in [3.63, 3.8) is 0 Å². The predicted molar refractivity (Wildman–Crippen MR) is 96.2 cm³/mol. The molecule has 0 amide bonds. The van der Waals surface area contributed by atoms with E-state index < -0.39 is 12.1 Å². The summed E-state index contributed by atoms with van der Waals surface area (Å²) >= 11 is 0. The molecule has 1 heterocycles. The van der Waals surface area contributed by atoms with Crippen molar-refractivity contribution in [2.75, 3.05) is 19.8 Å². The SMILES string of the molecule is CCOC(=O)c1oc2cccc(OC[C@H](O)CNC(C)(C)C)c2c1C. The fourth-order valence-electron chi connectivity index (χ4n) is 2.45. The second-order valence-corrected chi connectivity index (χ2v) is 7.00. The first-order chi connectivity index (χ1) is 11.7. The second kappa shape index (κ2) is 7.89. The summed E-state index contributed by atoms with van der Waals surface area (Å²) in [5.41, 5.74) is 1.16. The quantitative estimate of drug-likeness (QED) is 0.748. The third-order valence-corrected chi connectivity index (χ3v) is 3.68. The molecule has 2 aromatic rings. The number of aliphatic hydroxyl groups is 1. The number of aryl methyl sites for hydroxylation is 1. The normalized spacial score (nSPS) is 13.0. The number of β-amino-alcohol motifs (C(OH)–C–C–N with tert-alkyl or cyclic N) is 1. The van der Waals surface area contributed by atoms with Gasteiger partial charge in [-0.3, -0.25) is 0 Å². The molecule has 0 aliphatic rings. The zero-order chi connectivity index (χ0) is 18.6. The molecule has 0 aliphatic carbocycles. The van der Waals surface area contributed by atoms with Gasteiger partial charge >= 0.3 is 5.97 Å². The van der Waals surface area contributed by atoms with Crippen molar-refractivity contribution in [3.8, 4) is 5.75 Å². The van der Waals surface area contributed by atoms with Crippen molar-refractivity contribution < 1.29 is 23.8 Å². The lowest BCUT2D eigenvalue weighted by atomic mass is 10.1. The van der Waals surface area contributed by atoms with Crippen molar-refractivity contribution >= 4 is 16.9 Å². The molecule has 138 valence electrons. The molecule has 1 aromatic heterocycles. The second-order valence-electron chi connectivity index (χ2n) is 7.00. The monoisotopic (exact) mass is 349 g/mol. The lowest BCUT2D eigenvalue weighted by molar-refractivity contribution is 0.0491. The van der Waals surface area contributed by atoms with E-state index in [1.807, 2.05) is 20.8 Å². The van der Waals surface area contributed by atoms with Gasteiger partial charge in [0.05, 0.1) is 12.0 Å². The van der Waals surface area contributed by atoms with E-state index in [0.29, 0.717) is 23.4 Å². The van der Waals surface area contributed by atoms with Gasteiger partial charge in [-0.05, 0) is 46.8 Å². The summed E-state index contributed by atoms with van der Waals surface area (Å²) in [6.07, 6.45) is -0.647. The number of ether oxygens (including phenoxy) is 2. The van der Waals surface area contributed by atoms with Crippen LogP contribution in [0.5, 0.6) is 5.75 Å². The number of benzene rings is 1. The van der Waals surface area contributed by atoms with Crippen LogP contribution in [0.15, 0.2) is 22.6 Å². The maximum Gasteiger partial charge on any atom is 0.374 e. The number of hydrogen-bond acceptors (Lipinski definition) is 6. The Balaban J connectivity index is 2.15. The molecular formula is C19H27NO5. The molecule has 1 aromatic carbocycles. The first-order valence-corrected chi connectivity index (χ1v) is 8.48. The Labute approximate surface area is 148 Å². The van der Waals surface area contributed by atoms with Gasteiger partial charge in [-0.15, -0.1) is 0 Å². The highest BCUT2D eigenvalue weighted by Gasteiger charge is 2.21. The van der Waals surface area contributed by atoms with Crippen LogP contribution in [0.4, 0.5) is 0 Å². The van der Waals surface area contributed by atoms with Gasteiger partial charge < -0.3 is 24.3 Å². The minimum absolute atomic E-state index is 0.0727. The van der Waals surface area contributed by atoms with E-state index in [1.54, 1.807) is 32.0 Å². The van der Waals surface area contributed by atoms with Gasteiger partial charge in [0.2, 0.25) is 5.76 Å². The van der Waals surface area contributed by atoms with Crippen LogP contribution >= 0.6 is 0 Å². The van der Waals surface area contributed by atoms with E-state index in [2.05, 4.69) is 5.32 Å². The van der Waals surface area contributed by atoms with Crippen LogP contribution < -0.4 is 10.1 Å². The lowest BCUT2D eigenvalue weighted by Crippen LogP contribution is -2.42. The molecule has 2 rings (SSSR count). The smallest absolute Gasteiger partial charge is 0.374 e. The molecule has 0 fully saturated rings. The van der Waals surface area contributed by atoms with E-state index in [4.69, 9.17) is 13.9 Å². The Hall–Kier alpha value is -2.05. The summed E-state index contributed by atoms with van der Waals surface area (Å²) in [5.74, 6) is 0.267. The van der Waals surface area contributed by atoms with Crippen LogP contribution in [-0.2, 0) is 4.74 Å². The minimum atomic E-state index is -0.647. The van der Waals surface area contributed by atoms with Gasteiger partial charge in [0.15, 0.2) is 0 Å². The Bertz CT molecular complexity index is 729. The molecule has 0 saturated heterocycles. The molecule has 6 nitrogen and oxygen atoms in total. The number of carbonyl (C=O) groups is 1. The number of fused-ring (bicyclic) bond motifs is 1. The fourth-order valence-corrected chi connectivity index (χ4v) is 2.45. The molecular weight excluding hydrogens is 322 g/mol. The number of nitrogens with one attached hydrogen (secondary N) is 1. The molecule has 0 unspecified atom stereocenters. The molecule has 0 aliphatic heterocycles. The van der Waals surface area contributed by atoms with Gasteiger partial charge in [0.25, 0.3) is 0 Å². The topological polar surface area (TPSA) is 80.9 Å². The Morgan fingerprint density at radius 3 is 2.72 bits per heavy atom. The van der Waals surface area contributed by atoms with E-state index in [1.165, 1.54) is 0 Å². The first kappa shape index (κ1) is 19.3. The fraction of sp³-hybridized carbons (Fsp3) is 0.526. The van der Waals surface area contributed by atoms with Crippen molar-refractivity contribution in [2.24, 2.45) is 0 Å². The molecule has 0 spiro atoms. The average molecular weight is 349 g/mol. The Kier molecular flexibility index (Phi) is 6.08. The Morgan fingerprint density at radius 1 is 1.36 bits per heavy atom. The van der Waals surface area contributed by atoms with Gasteiger partial charge in [-0.1, -0.05) is 6.07 Å². The van der Waals surface area contributed by atoms with Gasteiger partial charge in [0.1, 0.15) is 24.0 Å². The van der Waals surface area contributed by atoms with Gasteiger partial charge in [-0.2, -0.15) is 0 Å². The molecule has 0 saturated carbocycles. The molecule has 2 N–H and O–H groups in total. The highest BCUT2D eigenvalue weighted by molar-refractivity contribution is 5.98. The summed E-state index contributed by atoms with van der Waals surface area (Å²) < 4.78 is 16.4. The first-order valence-electron chi connectivity index (χ1n) is 8.48. The third kappa shape index (κ3) is 4.96. The third-order valence-electron chi connectivity index (χ3n) is 3.68. The van der Waals surface area contributed by atoms with Crippen LogP contribution in [0.25, 0.3) is 11.0 Å². The van der Waals surface area contributed by atoms with Crippen LogP contribution in [0.3, 0.4) is 0 Å². The number of rotatable bonds is 7. The zero-order valence-corrected chi connectivity index (χ0v) is 15.5. The molecule has 0 radical (unpaired) electrons. The van der Waals surface area contributed by atoms with E-state index in [9.17, 15) is 9.90 Å². The number of aliphatic hydroxyl groups excluding tert-OH is 1. The van der Waals surface area contributed by atoms with E-state index >= 15 is 0 Å². The largest absolute Gasteiger partial charge is 0.490 e. The van der Waals surface area contributed by atoms with Crippen molar-refractivity contribution in [1.29, 1.82) is 0 Å². The summed E-state index contributed by atoms with van der Waals surface area (Å²) in [6, 6.07) is 5.36. The molecule has 25 heavy (non-hydrogen) atoms. The number of furan rings is 1. The summed E-state index contributed by atoms with van der Waals surface area (Å²) in [6.45, 7) is 10.5. The lowest BCUT2D eigenvalue weighted by Gasteiger charge is -2.23. The molecule has 0 bridgehead atoms. The molecule has 1 atom stereocenters. The van der Waals surface area contributed by atoms with Crippen molar-refractivity contribution in [2.45, 2.75) is 46.3 Å². The molecule has 6 heteroatoms. The zero-order valence-electron chi connectivity index (χ0n) is 15.5. The maximum atomic E-state index is 12.0. The van der Waals surface area contributed by atoms with Crippen LogP contribution in [0.1, 0.15) is 43.8 Å². The van der Waals surface area contributed by atoms with Crippen LogP contribution in [0.2, 0.25) is 0 Å². The highest BCUT2D eigenvalue weighted by atomic mass is 16.5. The van der Waals surface area contributed by atoms with Crippen LogP contribution in [-0.4, -0.2) is 42.5 Å². The average Bonchev–Trinajstić information content (AvgIpc) is 2.88.